The monoisotopic (exact) mass is 566 g/mol. The number of hydrogen-bond donors (Lipinski definition) is 1. The number of thiazole rings is 1. The number of carbonyl (C=O) groups excluding carboxylic acids is 2. The number of Topliss-reactive ketones (excluding diaryl/α,β-unsaturated/α-hetero) is 1. The molecular formula is C32H23ClN2O4S. The van der Waals surface area contributed by atoms with Crippen molar-refractivity contribution in [2.45, 2.75) is 19.6 Å². The summed E-state index contributed by atoms with van der Waals surface area (Å²) in [6.07, 6.45) is 0. The summed E-state index contributed by atoms with van der Waals surface area (Å²) in [7, 11) is 0. The van der Waals surface area contributed by atoms with E-state index in [0.29, 0.717) is 33.6 Å². The Labute approximate surface area is 239 Å². The SMILES string of the molecule is Cc1ccc2nc(N3C(=O)C(=O)C(=C(O)c4ccc(Cl)cc4)C3c3ccc(OCc4ccccc4)cc3)sc2c1. The Morgan fingerprint density at radius 3 is 2.42 bits per heavy atom. The lowest BCUT2D eigenvalue weighted by atomic mass is 9.95. The second-order valence-corrected chi connectivity index (χ2v) is 10.9. The van der Waals surface area contributed by atoms with E-state index in [1.165, 1.54) is 16.2 Å². The molecule has 1 unspecified atom stereocenters. The normalized spacial score (nSPS) is 16.6. The van der Waals surface area contributed by atoms with Crippen LogP contribution in [0, 0.1) is 6.92 Å². The first-order chi connectivity index (χ1) is 19.4. The van der Waals surface area contributed by atoms with Gasteiger partial charge in [0.15, 0.2) is 5.13 Å². The fourth-order valence-corrected chi connectivity index (χ4v) is 5.93. The van der Waals surface area contributed by atoms with Crippen LogP contribution in [0.5, 0.6) is 5.75 Å². The zero-order valence-electron chi connectivity index (χ0n) is 21.4. The van der Waals surface area contributed by atoms with Crippen molar-refractivity contribution in [3.63, 3.8) is 0 Å². The highest BCUT2D eigenvalue weighted by atomic mass is 35.5. The Hall–Kier alpha value is -4.46. The number of benzene rings is 4. The third-order valence-corrected chi connectivity index (χ3v) is 8.01. The minimum atomic E-state index is -0.888. The van der Waals surface area contributed by atoms with Gasteiger partial charge in [0.1, 0.15) is 18.1 Å². The summed E-state index contributed by atoms with van der Waals surface area (Å²) in [5, 5.41) is 12.2. The quantitative estimate of drug-likeness (QED) is 0.131. The molecule has 1 saturated heterocycles. The van der Waals surface area contributed by atoms with Gasteiger partial charge in [-0.05, 0) is 72.1 Å². The summed E-state index contributed by atoms with van der Waals surface area (Å²) >= 11 is 7.37. The molecule has 40 heavy (non-hydrogen) atoms. The van der Waals surface area contributed by atoms with Crippen LogP contribution in [0.3, 0.4) is 0 Å². The van der Waals surface area contributed by atoms with E-state index in [2.05, 4.69) is 4.98 Å². The number of halogens is 1. The Balaban J connectivity index is 1.43. The Morgan fingerprint density at radius 2 is 1.70 bits per heavy atom. The Morgan fingerprint density at radius 1 is 0.975 bits per heavy atom. The molecule has 2 heterocycles. The molecule has 0 saturated carbocycles. The van der Waals surface area contributed by atoms with Crippen molar-refractivity contribution in [1.29, 1.82) is 0 Å². The summed E-state index contributed by atoms with van der Waals surface area (Å²) < 4.78 is 6.84. The average Bonchev–Trinajstić information content (AvgIpc) is 3.50. The number of carbonyl (C=O) groups is 2. The molecule has 0 bridgehead atoms. The predicted molar refractivity (Wildman–Crippen MR) is 158 cm³/mol. The van der Waals surface area contributed by atoms with Gasteiger partial charge in [-0.2, -0.15) is 0 Å². The third kappa shape index (κ3) is 4.85. The number of aliphatic hydroxyl groups excluding tert-OH is 1. The predicted octanol–water partition coefficient (Wildman–Crippen LogP) is 7.46. The van der Waals surface area contributed by atoms with E-state index >= 15 is 0 Å². The second kappa shape index (κ2) is 10.6. The average molecular weight is 567 g/mol. The zero-order chi connectivity index (χ0) is 27.8. The van der Waals surface area contributed by atoms with Gasteiger partial charge in [0.25, 0.3) is 5.78 Å². The molecule has 1 aliphatic heterocycles. The number of aliphatic hydroxyl groups is 1. The summed E-state index contributed by atoms with van der Waals surface area (Å²) in [5.41, 5.74) is 3.84. The van der Waals surface area contributed by atoms with Gasteiger partial charge >= 0.3 is 5.91 Å². The van der Waals surface area contributed by atoms with Crippen molar-refractivity contribution in [3.8, 4) is 5.75 Å². The lowest BCUT2D eigenvalue weighted by Crippen LogP contribution is -2.29. The summed E-state index contributed by atoms with van der Waals surface area (Å²) in [6.45, 7) is 2.39. The Bertz CT molecular complexity index is 1760. The van der Waals surface area contributed by atoms with Crippen LogP contribution in [0.2, 0.25) is 5.02 Å². The lowest BCUT2D eigenvalue weighted by Gasteiger charge is -2.23. The number of aromatic nitrogens is 1. The first-order valence-corrected chi connectivity index (χ1v) is 13.8. The first kappa shape index (κ1) is 25.8. The van der Waals surface area contributed by atoms with Crippen LogP contribution in [0.25, 0.3) is 16.0 Å². The highest BCUT2D eigenvalue weighted by molar-refractivity contribution is 7.22. The molecule has 6 nitrogen and oxygen atoms in total. The zero-order valence-corrected chi connectivity index (χ0v) is 22.9. The maximum absolute atomic E-state index is 13.5. The maximum Gasteiger partial charge on any atom is 0.301 e. The molecule has 1 N–H and O–H groups in total. The van der Waals surface area contributed by atoms with Gasteiger partial charge in [-0.25, -0.2) is 4.98 Å². The second-order valence-electron chi connectivity index (χ2n) is 9.49. The van der Waals surface area contributed by atoms with E-state index in [1.807, 2.05) is 55.5 Å². The van der Waals surface area contributed by atoms with E-state index in [1.54, 1.807) is 48.5 Å². The van der Waals surface area contributed by atoms with Gasteiger partial charge in [-0.1, -0.05) is 71.5 Å². The molecule has 0 aliphatic carbocycles. The number of ketones is 1. The molecule has 1 amide bonds. The molecule has 1 aromatic heterocycles. The first-order valence-electron chi connectivity index (χ1n) is 12.6. The molecule has 0 radical (unpaired) electrons. The molecule has 1 aliphatic rings. The van der Waals surface area contributed by atoms with Crippen LogP contribution < -0.4 is 9.64 Å². The fourth-order valence-electron chi connectivity index (χ4n) is 4.72. The van der Waals surface area contributed by atoms with Crippen LogP contribution in [0.4, 0.5) is 5.13 Å². The lowest BCUT2D eigenvalue weighted by molar-refractivity contribution is -0.132. The molecule has 198 valence electrons. The van der Waals surface area contributed by atoms with Crippen LogP contribution in [-0.4, -0.2) is 21.8 Å². The van der Waals surface area contributed by atoms with Crippen molar-refractivity contribution in [2.24, 2.45) is 0 Å². The molecule has 5 aromatic rings. The van der Waals surface area contributed by atoms with Crippen LogP contribution in [0.15, 0.2) is 103 Å². The van der Waals surface area contributed by atoms with Gasteiger partial charge < -0.3 is 9.84 Å². The highest BCUT2D eigenvalue weighted by Crippen LogP contribution is 2.44. The van der Waals surface area contributed by atoms with Crippen molar-refractivity contribution in [2.75, 3.05) is 4.90 Å². The van der Waals surface area contributed by atoms with E-state index in [4.69, 9.17) is 16.3 Å². The highest BCUT2D eigenvalue weighted by Gasteiger charge is 2.48. The van der Waals surface area contributed by atoms with Crippen molar-refractivity contribution < 1.29 is 19.4 Å². The summed E-state index contributed by atoms with van der Waals surface area (Å²) in [4.78, 5) is 33.0. The summed E-state index contributed by atoms with van der Waals surface area (Å²) in [6, 6.07) is 28.4. The van der Waals surface area contributed by atoms with Gasteiger partial charge in [0, 0.05) is 10.6 Å². The summed E-state index contributed by atoms with van der Waals surface area (Å²) in [5.74, 6) is -1.17. The minimum Gasteiger partial charge on any atom is -0.507 e. The molecule has 0 spiro atoms. The van der Waals surface area contributed by atoms with Gasteiger partial charge in [0.2, 0.25) is 0 Å². The standard InChI is InChI=1S/C32H23ClN2O4S/c1-19-7-16-25-26(17-19)40-32(34-25)35-28(21-10-14-24(15-11-21)39-18-20-5-3-2-4-6-20)27(30(37)31(35)38)29(36)22-8-12-23(33)13-9-22/h2-17,28,36H,18H2,1H3. The number of ether oxygens (including phenoxy) is 1. The van der Waals surface area contributed by atoms with Crippen LogP contribution in [0.1, 0.15) is 28.3 Å². The topological polar surface area (TPSA) is 79.7 Å². The molecule has 1 fully saturated rings. The molecule has 8 heteroatoms. The molecule has 6 rings (SSSR count). The fraction of sp³-hybridized carbons (Fsp3) is 0.0938. The van der Waals surface area contributed by atoms with Gasteiger partial charge in [-0.3, -0.25) is 14.5 Å². The third-order valence-electron chi connectivity index (χ3n) is 6.74. The number of fused-ring (bicyclic) bond motifs is 1. The van der Waals surface area contributed by atoms with Crippen molar-refractivity contribution in [1.82, 2.24) is 4.98 Å². The van der Waals surface area contributed by atoms with Crippen LogP contribution >= 0.6 is 22.9 Å². The van der Waals surface area contributed by atoms with Crippen molar-refractivity contribution in [3.05, 3.63) is 130 Å². The van der Waals surface area contributed by atoms with E-state index in [9.17, 15) is 14.7 Å². The van der Waals surface area contributed by atoms with Crippen molar-refractivity contribution >= 4 is 55.7 Å². The molecule has 4 aromatic carbocycles. The minimum absolute atomic E-state index is 0.0132. The van der Waals surface area contributed by atoms with Gasteiger partial charge in [-0.15, -0.1) is 0 Å². The molecule has 1 atom stereocenters. The van der Waals surface area contributed by atoms with E-state index in [-0.39, 0.29) is 11.3 Å². The Kier molecular flexibility index (Phi) is 6.84. The maximum atomic E-state index is 13.5. The number of amides is 1. The largest absolute Gasteiger partial charge is 0.507 e. The van der Waals surface area contributed by atoms with Gasteiger partial charge in [0.05, 0.1) is 21.8 Å². The number of rotatable bonds is 6. The number of anilines is 1. The molecular weight excluding hydrogens is 544 g/mol. The van der Waals surface area contributed by atoms with Crippen LogP contribution in [-0.2, 0) is 16.2 Å². The van der Waals surface area contributed by atoms with E-state index < -0.39 is 17.7 Å². The van der Waals surface area contributed by atoms with E-state index in [0.717, 1.165) is 21.3 Å². The smallest absolute Gasteiger partial charge is 0.301 e. The number of nitrogens with zero attached hydrogens (tertiary/aromatic N) is 2. The number of aryl methyl sites for hydroxylation is 1. The number of hydrogen-bond acceptors (Lipinski definition) is 6.